The molecule has 6 heteroatoms. The maximum atomic E-state index is 12.0. The van der Waals surface area contributed by atoms with Gasteiger partial charge in [0.2, 0.25) is 0 Å². The van der Waals surface area contributed by atoms with Crippen LogP contribution in [0, 0.1) is 0 Å². The zero-order valence-corrected chi connectivity index (χ0v) is 13.7. The number of hydrogen-bond donors (Lipinski definition) is 4. The van der Waals surface area contributed by atoms with Crippen LogP contribution in [0.1, 0.15) is 15.9 Å². The fourth-order valence-electron chi connectivity index (χ4n) is 2.51. The maximum Gasteiger partial charge on any atom is 0.348 e. The Labute approximate surface area is 144 Å². The maximum absolute atomic E-state index is 12.0. The van der Waals surface area contributed by atoms with Crippen LogP contribution in [-0.4, -0.2) is 23.4 Å². The van der Waals surface area contributed by atoms with E-state index in [0.717, 1.165) is 11.9 Å². The third kappa shape index (κ3) is 3.75. The van der Waals surface area contributed by atoms with Gasteiger partial charge in [-0.3, -0.25) is 15.5 Å². The number of H-pyrrole nitrogens is 1. The second-order valence-electron chi connectivity index (χ2n) is 5.41. The van der Waals surface area contributed by atoms with Crippen LogP contribution < -0.4 is 16.0 Å². The quantitative estimate of drug-likeness (QED) is 0.424. The summed E-state index contributed by atoms with van der Waals surface area (Å²) in [5.41, 5.74) is 8.65. The van der Waals surface area contributed by atoms with Crippen LogP contribution in [0.3, 0.4) is 0 Å². The van der Waals surface area contributed by atoms with Gasteiger partial charge in [-0.1, -0.05) is 29.8 Å². The summed E-state index contributed by atoms with van der Waals surface area (Å²) in [4.78, 5) is 18.3. The van der Waals surface area contributed by atoms with Crippen molar-refractivity contribution in [3.05, 3.63) is 70.9 Å². The van der Waals surface area contributed by atoms with E-state index in [-0.39, 0.29) is 11.9 Å². The van der Waals surface area contributed by atoms with Crippen molar-refractivity contribution in [2.45, 2.75) is 6.42 Å². The molecule has 3 aromatic rings. The highest BCUT2D eigenvalue weighted by atomic mass is 35.5. The Morgan fingerprint density at radius 1 is 1.17 bits per heavy atom. The summed E-state index contributed by atoms with van der Waals surface area (Å²) in [5, 5.41) is 4.41. The molecular formula is C18H18ClN4O+. The number of amides is 1. The van der Waals surface area contributed by atoms with Gasteiger partial charge in [0.15, 0.2) is 0 Å². The molecule has 3 rings (SSSR count). The lowest BCUT2D eigenvalue weighted by molar-refractivity contribution is -0.459. The van der Waals surface area contributed by atoms with E-state index < -0.39 is 0 Å². The Kier molecular flexibility index (Phi) is 4.82. The number of hydrogen-bond acceptors (Lipinski definition) is 1. The van der Waals surface area contributed by atoms with Crippen molar-refractivity contribution in [3.8, 4) is 0 Å². The van der Waals surface area contributed by atoms with Crippen molar-refractivity contribution in [1.29, 1.82) is 0 Å². The molecule has 2 aromatic carbocycles. The lowest BCUT2D eigenvalue weighted by Gasteiger charge is -2.00. The first-order valence-electron chi connectivity index (χ1n) is 7.61. The summed E-state index contributed by atoms with van der Waals surface area (Å²) in [6.45, 7) is 0.620. The highest BCUT2D eigenvalue weighted by molar-refractivity contribution is 6.30. The van der Waals surface area contributed by atoms with E-state index >= 15 is 0 Å². The number of fused-ring (bicyclic) bond motifs is 1. The normalized spacial score (nSPS) is 11.6. The summed E-state index contributed by atoms with van der Waals surface area (Å²) >= 11 is 5.80. The molecule has 0 unspecified atom stereocenters. The van der Waals surface area contributed by atoms with Gasteiger partial charge in [-0.05, 0) is 35.9 Å². The van der Waals surface area contributed by atoms with Gasteiger partial charge < -0.3 is 4.98 Å². The molecule has 0 bridgehead atoms. The first kappa shape index (κ1) is 16.1. The topological polar surface area (TPSA) is 84.9 Å². The van der Waals surface area contributed by atoms with Gasteiger partial charge in [0.25, 0.3) is 0 Å². The third-order valence-electron chi connectivity index (χ3n) is 3.74. The predicted octanol–water partition coefficient (Wildman–Crippen LogP) is 1.19. The van der Waals surface area contributed by atoms with E-state index in [9.17, 15) is 4.79 Å². The zero-order chi connectivity index (χ0) is 16.9. The number of benzene rings is 2. The predicted molar refractivity (Wildman–Crippen MR) is 95.9 cm³/mol. The molecule has 24 heavy (non-hydrogen) atoms. The molecular weight excluding hydrogens is 324 g/mol. The van der Waals surface area contributed by atoms with Gasteiger partial charge in [-0.25, -0.2) is 5.32 Å². The number of nitrogens with one attached hydrogen (secondary N) is 3. The molecule has 1 aromatic heterocycles. The molecule has 0 aliphatic heterocycles. The third-order valence-corrected chi connectivity index (χ3v) is 3.99. The lowest BCUT2D eigenvalue weighted by Crippen LogP contribution is -2.79. The van der Waals surface area contributed by atoms with Gasteiger partial charge in [0.05, 0.1) is 12.1 Å². The van der Waals surface area contributed by atoms with E-state index in [1.807, 2.05) is 24.4 Å². The smallest absolute Gasteiger partial charge is 0.348 e. The Morgan fingerprint density at radius 3 is 2.71 bits per heavy atom. The molecule has 0 fully saturated rings. The molecule has 5 nitrogen and oxygen atoms in total. The van der Waals surface area contributed by atoms with Gasteiger partial charge in [-0.2, -0.15) is 0 Å². The van der Waals surface area contributed by atoms with Crippen LogP contribution in [-0.2, 0) is 6.42 Å². The van der Waals surface area contributed by atoms with E-state index in [1.54, 1.807) is 24.3 Å². The number of guanidine groups is 1. The highest BCUT2D eigenvalue weighted by Gasteiger charge is 2.11. The molecule has 0 radical (unpaired) electrons. The van der Waals surface area contributed by atoms with Crippen molar-refractivity contribution in [3.63, 3.8) is 0 Å². The number of carbonyl (C=O) groups is 1. The minimum Gasteiger partial charge on any atom is -0.361 e. The average molecular weight is 342 g/mol. The zero-order valence-electron chi connectivity index (χ0n) is 13.0. The van der Waals surface area contributed by atoms with Crippen molar-refractivity contribution in [1.82, 2.24) is 10.3 Å². The van der Waals surface area contributed by atoms with Crippen molar-refractivity contribution in [2.24, 2.45) is 5.73 Å². The monoisotopic (exact) mass is 341 g/mol. The van der Waals surface area contributed by atoms with Crippen molar-refractivity contribution in [2.75, 3.05) is 6.54 Å². The van der Waals surface area contributed by atoms with E-state index in [2.05, 4.69) is 21.4 Å². The number of aromatic amines is 1. The van der Waals surface area contributed by atoms with Gasteiger partial charge in [0, 0.05) is 28.5 Å². The number of para-hydroxylation sites is 1. The lowest BCUT2D eigenvalue weighted by atomic mass is 10.1. The van der Waals surface area contributed by atoms with Crippen LogP contribution in [0.25, 0.3) is 10.9 Å². The average Bonchev–Trinajstić information content (AvgIpc) is 2.99. The first-order chi connectivity index (χ1) is 11.6. The summed E-state index contributed by atoms with van der Waals surface area (Å²) in [7, 11) is 0. The number of nitrogens with two attached hydrogens (primary N) is 1. The van der Waals surface area contributed by atoms with Crippen LogP contribution in [0.2, 0.25) is 5.02 Å². The number of carbonyl (C=O) groups excluding carboxylic acids is 1. The Bertz CT molecular complexity index is 883. The van der Waals surface area contributed by atoms with E-state index in [4.69, 9.17) is 17.3 Å². The molecule has 0 saturated heterocycles. The van der Waals surface area contributed by atoms with E-state index in [0.29, 0.717) is 17.1 Å². The molecule has 1 heterocycles. The highest BCUT2D eigenvalue weighted by Crippen LogP contribution is 2.17. The summed E-state index contributed by atoms with van der Waals surface area (Å²) < 4.78 is 0. The SMILES string of the molecule is NC(NC(=O)c1ccc(Cl)cc1)=[NH+]CCc1c[nH]c2ccccc12. The molecule has 0 aliphatic carbocycles. The molecule has 0 saturated carbocycles. The van der Waals surface area contributed by atoms with Crippen LogP contribution in [0.5, 0.6) is 0 Å². The molecule has 5 N–H and O–H groups in total. The Morgan fingerprint density at radius 2 is 1.92 bits per heavy atom. The fourth-order valence-corrected chi connectivity index (χ4v) is 2.64. The minimum absolute atomic E-state index is 0.231. The minimum atomic E-state index is -0.274. The van der Waals surface area contributed by atoms with Crippen LogP contribution in [0.15, 0.2) is 54.7 Å². The van der Waals surface area contributed by atoms with Gasteiger partial charge >= 0.3 is 11.9 Å². The number of rotatable bonds is 4. The molecule has 0 atom stereocenters. The summed E-state index contributed by atoms with van der Waals surface area (Å²) in [5.74, 6) is -0.0430. The molecule has 0 spiro atoms. The van der Waals surface area contributed by atoms with Crippen molar-refractivity contribution < 1.29 is 9.79 Å². The summed E-state index contributed by atoms with van der Waals surface area (Å²) in [6.07, 6.45) is 2.79. The van der Waals surface area contributed by atoms with E-state index in [1.165, 1.54) is 10.9 Å². The second kappa shape index (κ2) is 7.19. The van der Waals surface area contributed by atoms with Gasteiger partial charge in [-0.15, -0.1) is 0 Å². The van der Waals surface area contributed by atoms with Crippen LogP contribution >= 0.6 is 11.6 Å². The second-order valence-corrected chi connectivity index (χ2v) is 5.85. The van der Waals surface area contributed by atoms with Crippen molar-refractivity contribution >= 4 is 34.4 Å². The number of halogens is 1. The van der Waals surface area contributed by atoms with Crippen LogP contribution in [0.4, 0.5) is 0 Å². The first-order valence-corrected chi connectivity index (χ1v) is 7.99. The number of aromatic nitrogens is 1. The summed E-state index contributed by atoms with van der Waals surface area (Å²) in [6, 6.07) is 14.8. The fraction of sp³-hybridized carbons (Fsp3) is 0.111. The molecule has 0 aliphatic rings. The molecule has 122 valence electrons. The van der Waals surface area contributed by atoms with Gasteiger partial charge in [0.1, 0.15) is 0 Å². The Balaban J connectivity index is 1.58. The standard InChI is InChI=1S/C18H17ClN4O/c19-14-7-5-12(6-8-14)17(24)23-18(20)21-10-9-13-11-22-16-4-2-1-3-15(13)16/h1-8,11,22H,9-10H2,(H3,20,21,23,24)/p+1. The molecule has 1 amide bonds. The largest absolute Gasteiger partial charge is 0.361 e. The Hall–Kier alpha value is -2.79.